The number of nitrogens with one attached hydrogen (secondary N) is 3. The fourth-order valence-corrected chi connectivity index (χ4v) is 5.46. The Hall–Kier alpha value is -3.53. The summed E-state index contributed by atoms with van der Waals surface area (Å²) in [6.07, 6.45) is 4.98. The molecule has 4 N–H and O–H groups in total. The Balaban J connectivity index is 1.71. The number of aromatic nitrogens is 2. The van der Waals surface area contributed by atoms with E-state index in [1.165, 1.54) is 12.1 Å². The predicted octanol–water partition coefficient (Wildman–Crippen LogP) is 5.50. The number of hydrogen-bond acceptors (Lipinski definition) is 3. The Bertz CT molecular complexity index is 1550. The average molecular weight is 507 g/mol. The van der Waals surface area contributed by atoms with Gasteiger partial charge >= 0.3 is 5.97 Å². The number of H-pyrrole nitrogens is 2. The van der Waals surface area contributed by atoms with Crippen molar-refractivity contribution >= 4 is 34.2 Å². The molecule has 9 heteroatoms. The van der Waals surface area contributed by atoms with Crippen LogP contribution in [0.4, 0.5) is 4.39 Å². The molecule has 0 amide bonds. The van der Waals surface area contributed by atoms with Crippen LogP contribution >= 0.6 is 0 Å². The molecular formula is C27H25FN3O4S-. The Morgan fingerprint density at radius 1 is 1.25 bits per heavy atom. The maximum absolute atomic E-state index is 14.6. The number of aromatic carboxylic acids is 1. The van der Waals surface area contributed by atoms with Gasteiger partial charge < -0.3 is 19.6 Å². The highest BCUT2D eigenvalue weighted by Crippen LogP contribution is 2.45. The summed E-state index contributed by atoms with van der Waals surface area (Å²) < 4.78 is 38.6. The Kier molecular flexibility index (Phi) is 6.38. The van der Waals surface area contributed by atoms with E-state index in [9.17, 15) is 23.1 Å². The van der Waals surface area contributed by atoms with Crippen LogP contribution in [0.3, 0.4) is 0 Å². The van der Waals surface area contributed by atoms with E-state index in [0.29, 0.717) is 41.7 Å². The molecule has 0 bridgehead atoms. The summed E-state index contributed by atoms with van der Waals surface area (Å²) in [5, 5.41) is 11.0. The van der Waals surface area contributed by atoms with Gasteiger partial charge in [-0.1, -0.05) is 43.7 Å². The first-order valence-electron chi connectivity index (χ1n) is 11.6. The summed E-state index contributed by atoms with van der Waals surface area (Å²) in [6.45, 7) is 4.28. The van der Waals surface area contributed by atoms with Crippen molar-refractivity contribution in [3.63, 3.8) is 0 Å². The SMILES string of the molecule is CC(C)c1c(-c2cc(F)cc3[nH]ccc23)[nH]c(C(=O)O)c1-c1cccc2c1C=C(CCNS(=O)[O-])C2. The number of aromatic amines is 2. The maximum Gasteiger partial charge on any atom is 0.352 e. The molecule has 1 aliphatic carbocycles. The van der Waals surface area contributed by atoms with Crippen molar-refractivity contribution in [1.29, 1.82) is 0 Å². The summed E-state index contributed by atoms with van der Waals surface area (Å²) in [5.74, 6) is -1.57. The summed E-state index contributed by atoms with van der Waals surface area (Å²) in [4.78, 5) is 18.6. The van der Waals surface area contributed by atoms with Crippen LogP contribution in [0.15, 0.2) is 48.2 Å². The van der Waals surface area contributed by atoms with Crippen molar-refractivity contribution in [2.45, 2.75) is 32.6 Å². The molecule has 5 rings (SSSR count). The van der Waals surface area contributed by atoms with Crippen molar-refractivity contribution in [3.05, 3.63) is 76.4 Å². The van der Waals surface area contributed by atoms with Crippen LogP contribution in [0.25, 0.3) is 39.4 Å². The van der Waals surface area contributed by atoms with Gasteiger partial charge in [-0.15, -0.1) is 0 Å². The normalized spacial score (nSPS) is 13.9. The highest BCUT2D eigenvalue weighted by molar-refractivity contribution is 7.77. The Labute approximate surface area is 209 Å². The van der Waals surface area contributed by atoms with Crippen molar-refractivity contribution in [2.75, 3.05) is 6.54 Å². The minimum atomic E-state index is -2.32. The second-order valence-electron chi connectivity index (χ2n) is 9.25. The Morgan fingerprint density at radius 2 is 2.06 bits per heavy atom. The zero-order valence-electron chi connectivity index (χ0n) is 19.8. The average Bonchev–Trinajstić information content (AvgIpc) is 3.53. The van der Waals surface area contributed by atoms with Gasteiger partial charge in [0.2, 0.25) is 0 Å². The molecule has 0 spiro atoms. The van der Waals surface area contributed by atoms with Gasteiger partial charge in [0.25, 0.3) is 0 Å². The smallest absolute Gasteiger partial charge is 0.352 e. The third-order valence-electron chi connectivity index (χ3n) is 6.63. The molecule has 4 aromatic rings. The molecule has 186 valence electrons. The fraction of sp³-hybridized carbons (Fsp3) is 0.222. The number of carboxylic acids is 1. The zero-order chi connectivity index (χ0) is 25.6. The second kappa shape index (κ2) is 9.50. The summed E-state index contributed by atoms with van der Waals surface area (Å²) in [6, 6.07) is 10.5. The van der Waals surface area contributed by atoms with E-state index in [-0.39, 0.29) is 11.6 Å². The first kappa shape index (κ1) is 24.2. The number of rotatable bonds is 8. The van der Waals surface area contributed by atoms with Crippen LogP contribution in [0.2, 0.25) is 0 Å². The van der Waals surface area contributed by atoms with E-state index in [1.807, 2.05) is 44.2 Å². The van der Waals surface area contributed by atoms with Crippen molar-refractivity contribution in [2.24, 2.45) is 0 Å². The monoisotopic (exact) mass is 506 g/mol. The Morgan fingerprint density at radius 3 is 2.78 bits per heavy atom. The number of benzene rings is 2. The largest absolute Gasteiger partial charge is 0.760 e. The van der Waals surface area contributed by atoms with Crippen molar-refractivity contribution < 1.29 is 23.1 Å². The minimum Gasteiger partial charge on any atom is -0.760 e. The van der Waals surface area contributed by atoms with Crippen molar-refractivity contribution in [3.8, 4) is 22.4 Å². The fourth-order valence-electron chi connectivity index (χ4n) is 5.19. The molecule has 2 aromatic heterocycles. The molecule has 0 aliphatic heterocycles. The first-order valence-corrected chi connectivity index (χ1v) is 12.7. The third kappa shape index (κ3) is 4.30. The molecule has 1 unspecified atom stereocenters. The zero-order valence-corrected chi connectivity index (χ0v) is 20.6. The molecule has 2 aromatic carbocycles. The predicted molar refractivity (Wildman–Crippen MR) is 138 cm³/mol. The molecule has 1 atom stereocenters. The quantitative estimate of drug-likeness (QED) is 0.236. The topological polar surface area (TPSA) is 121 Å². The lowest BCUT2D eigenvalue weighted by molar-refractivity contribution is 0.0692. The van der Waals surface area contributed by atoms with Gasteiger partial charge in [0.15, 0.2) is 0 Å². The van der Waals surface area contributed by atoms with Crippen LogP contribution in [0, 0.1) is 5.82 Å². The molecule has 0 fully saturated rings. The summed E-state index contributed by atoms with van der Waals surface area (Å²) >= 11 is -2.32. The van der Waals surface area contributed by atoms with E-state index in [2.05, 4.69) is 14.7 Å². The van der Waals surface area contributed by atoms with Crippen LogP contribution in [0.5, 0.6) is 0 Å². The van der Waals surface area contributed by atoms with E-state index in [4.69, 9.17) is 0 Å². The molecular weight excluding hydrogens is 481 g/mol. The highest BCUT2D eigenvalue weighted by Gasteiger charge is 2.29. The van der Waals surface area contributed by atoms with Gasteiger partial charge in [-0.2, -0.15) is 0 Å². The highest BCUT2D eigenvalue weighted by atomic mass is 32.2. The van der Waals surface area contributed by atoms with Gasteiger partial charge in [-0.25, -0.2) is 13.9 Å². The summed E-state index contributed by atoms with van der Waals surface area (Å²) in [5.41, 5.74) is 7.10. The molecule has 0 radical (unpaired) electrons. The number of carboxylic acid groups (broad SMARTS) is 1. The van der Waals surface area contributed by atoms with E-state index in [0.717, 1.165) is 33.2 Å². The second-order valence-corrected chi connectivity index (χ2v) is 10.0. The molecule has 2 heterocycles. The van der Waals surface area contributed by atoms with Crippen LogP contribution in [0.1, 0.15) is 53.4 Å². The number of hydrogen-bond donors (Lipinski definition) is 4. The molecule has 0 saturated carbocycles. The standard InChI is InChI=1S/C27H26FN3O4S/c1-14(2)23-24(19-5-3-4-16-10-15(11-20(16)19)6-9-30-36(34)35)26(27(32)33)31-25(23)21-12-17(28)13-22-18(21)7-8-29-22/h3-5,7-8,11-14,29-31H,6,9-10H2,1-2H3,(H,32,33)(H,34,35)/p-1. The number of carbonyl (C=O) groups is 1. The molecule has 7 nitrogen and oxygen atoms in total. The lowest BCUT2D eigenvalue weighted by atomic mass is 9.87. The van der Waals surface area contributed by atoms with Gasteiger partial charge in [0.1, 0.15) is 11.5 Å². The lowest BCUT2D eigenvalue weighted by Gasteiger charge is -2.15. The van der Waals surface area contributed by atoms with E-state index in [1.54, 1.807) is 6.20 Å². The van der Waals surface area contributed by atoms with Crippen LogP contribution in [-0.2, 0) is 17.7 Å². The number of halogens is 1. The van der Waals surface area contributed by atoms with E-state index >= 15 is 0 Å². The minimum absolute atomic E-state index is 0.0558. The van der Waals surface area contributed by atoms with Gasteiger partial charge in [-0.05, 0) is 59.2 Å². The molecule has 0 saturated heterocycles. The van der Waals surface area contributed by atoms with Gasteiger partial charge in [-0.3, -0.25) is 4.21 Å². The van der Waals surface area contributed by atoms with E-state index < -0.39 is 23.1 Å². The number of fused-ring (bicyclic) bond motifs is 2. The van der Waals surface area contributed by atoms with Crippen LogP contribution < -0.4 is 4.72 Å². The van der Waals surface area contributed by atoms with Gasteiger partial charge in [0.05, 0.1) is 5.69 Å². The van der Waals surface area contributed by atoms with Gasteiger partial charge in [0, 0.05) is 46.0 Å². The molecule has 1 aliphatic rings. The maximum atomic E-state index is 14.6. The summed E-state index contributed by atoms with van der Waals surface area (Å²) in [7, 11) is 0. The lowest BCUT2D eigenvalue weighted by Crippen LogP contribution is -2.17. The first-order chi connectivity index (χ1) is 17.2. The third-order valence-corrected chi connectivity index (χ3v) is 7.07. The van der Waals surface area contributed by atoms with Crippen molar-refractivity contribution in [1.82, 2.24) is 14.7 Å². The molecule has 36 heavy (non-hydrogen) atoms. The van der Waals surface area contributed by atoms with Crippen LogP contribution in [-0.4, -0.2) is 36.4 Å².